The van der Waals surface area contributed by atoms with E-state index in [4.69, 9.17) is 9.47 Å². The van der Waals surface area contributed by atoms with Crippen LogP contribution in [0.1, 0.15) is 33.3 Å². The molecule has 0 N–H and O–H groups in total. The van der Waals surface area contributed by atoms with Crippen LogP contribution in [0.15, 0.2) is 60.2 Å². The van der Waals surface area contributed by atoms with Crippen LogP contribution in [-0.4, -0.2) is 34.9 Å². The van der Waals surface area contributed by atoms with Gasteiger partial charge in [-0.05, 0) is 54.8 Å². The molecule has 0 amide bonds. The summed E-state index contributed by atoms with van der Waals surface area (Å²) in [5, 5.41) is 1.96. The first-order valence-corrected chi connectivity index (χ1v) is 9.91. The molecule has 0 bridgehead atoms. The quantitative estimate of drug-likeness (QED) is 0.349. The molecule has 1 aromatic carbocycles. The second-order valence-electron chi connectivity index (χ2n) is 6.23. The highest BCUT2D eigenvalue weighted by atomic mass is 32.1. The van der Waals surface area contributed by atoms with Gasteiger partial charge in [-0.25, -0.2) is 9.78 Å². The summed E-state index contributed by atoms with van der Waals surface area (Å²) in [6.45, 7) is 2.00. The molecule has 0 atom stereocenters. The maximum absolute atomic E-state index is 13.1. The lowest BCUT2D eigenvalue weighted by molar-refractivity contribution is 0.0529. The molecule has 0 aliphatic heterocycles. The Kier molecular flexibility index (Phi) is 5.14. The molecule has 146 valence electrons. The van der Waals surface area contributed by atoms with Gasteiger partial charge in [0.15, 0.2) is 0 Å². The van der Waals surface area contributed by atoms with Crippen molar-refractivity contribution in [3.63, 3.8) is 0 Å². The standard InChI is InChI=1S/C22H18N2O4S/c1-3-28-22(26)16-11-19(21(25)14-6-8-15(27-2)9-7-14)24-13-23-17(12-18(16)24)20-5-4-10-29-20/h4-13H,3H2,1-2H3. The molecule has 6 nitrogen and oxygen atoms in total. The molecular weight excluding hydrogens is 388 g/mol. The van der Waals surface area contributed by atoms with Crippen LogP contribution >= 0.6 is 11.3 Å². The van der Waals surface area contributed by atoms with Gasteiger partial charge < -0.3 is 9.47 Å². The Hall–Kier alpha value is -3.45. The van der Waals surface area contributed by atoms with Crippen LogP contribution in [-0.2, 0) is 4.74 Å². The first kappa shape index (κ1) is 18.9. The maximum atomic E-state index is 13.1. The molecule has 0 saturated carbocycles. The lowest BCUT2D eigenvalue weighted by Crippen LogP contribution is -2.05. The summed E-state index contributed by atoms with van der Waals surface area (Å²) in [6.07, 6.45) is 1.57. The normalized spacial score (nSPS) is 10.8. The number of hydrogen-bond donors (Lipinski definition) is 0. The number of hydrogen-bond acceptors (Lipinski definition) is 6. The van der Waals surface area contributed by atoms with Crippen molar-refractivity contribution in [2.45, 2.75) is 6.92 Å². The average Bonchev–Trinajstić information content (AvgIpc) is 3.41. The Morgan fingerprint density at radius 1 is 1.14 bits per heavy atom. The van der Waals surface area contributed by atoms with Crippen LogP contribution in [0.2, 0.25) is 0 Å². The number of esters is 1. The lowest BCUT2D eigenvalue weighted by atomic mass is 10.1. The van der Waals surface area contributed by atoms with E-state index in [9.17, 15) is 9.59 Å². The fraction of sp³-hybridized carbons (Fsp3) is 0.136. The van der Waals surface area contributed by atoms with Crippen molar-refractivity contribution < 1.29 is 19.1 Å². The van der Waals surface area contributed by atoms with Gasteiger partial charge in [-0.3, -0.25) is 9.20 Å². The monoisotopic (exact) mass is 406 g/mol. The highest BCUT2D eigenvalue weighted by molar-refractivity contribution is 7.13. The highest BCUT2D eigenvalue weighted by Gasteiger charge is 2.22. The smallest absolute Gasteiger partial charge is 0.340 e. The number of aromatic nitrogens is 2. The second-order valence-corrected chi connectivity index (χ2v) is 7.18. The zero-order valence-corrected chi connectivity index (χ0v) is 16.7. The van der Waals surface area contributed by atoms with E-state index in [0.29, 0.717) is 28.1 Å². The predicted octanol–water partition coefficient (Wildman–Crippen LogP) is 4.48. The highest BCUT2D eigenvalue weighted by Crippen LogP contribution is 2.27. The van der Waals surface area contributed by atoms with E-state index in [1.807, 2.05) is 23.6 Å². The largest absolute Gasteiger partial charge is 0.497 e. The van der Waals surface area contributed by atoms with Crippen molar-refractivity contribution in [3.8, 4) is 16.3 Å². The molecule has 0 radical (unpaired) electrons. The first-order chi connectivity index (χ1) is 14.1. The minimum atomic E-state index is -0.470. The Balaban J connectivity index is 1.85. The predicted molar refractivity (Wildman–Crippen MR) is 111 cm³/mol. The van der Waals surface area contributed by atoms with Crippen molar-refractivity contribution in [1.29, 1.82) is 0 Å². The van der Waals surface area contributed by atoms with Crippen molar-refractivity contribution in [2.24, 2.45) is 0 Å². The van der Waals surface area contributed by atoms with E-state index in [0.717, 1.165) is 10.6 Å². The molecule has 0 saturated heterocycles. The minimum absolute atomic E-state index is 0.219. The molecule has 3 heterocycles. The van der Waals surface area contributed by atoms with Crippen molar-refractivity contribution in [2.75, 3.05) is 13.7 Å². The summed E-state index contributed by atoms with van der Waals surface area (Å²) < 4.78 is 12.0. The molecule has 0 unspecified atom stereocenters. The van der Waals surface area contributed by atoms with Crippen molar-refractivity contribution in [3.05, 3.63) is 77.1 Å². The minimum Gasteiger partial charge on any atom is -0.497 e. The number of carbonyl (C=O) groups is 2. The van der Waals surface area contributed by atoms with Crippen LogP contribution in [0, 0.1) is 0 Å². The zero-order valence-electron chi connectivity index (χ0n) is 15.9. The number of rotatable bonds is 6. The van der Waals surface area contributed by atoms with Crippen LogP contribution in [0.4, 0.5) is 0 Å². The SMILES string of the molecule is CCOC(=O)c1cc(C(=O)c2ccc(OC)cc2)n2cnc(-c3cccs3)cc12. The molecule has 0 aliphatic rings. The van der Waals surface area contributed by atoms with Crippen LogP contribution < -0.4 is 4.74 Å². The summed E-state index contributed by atoms with van der Waals surface area (Å²) >= 11 is 1.56. The Morgan fingerprint density at radius 2 is 1.93 bits per heavy atom. The van der Waals surface area contributed by atoms with E-state index in [1.54, 1.807) is 66.4 Å². The third-order valence-electron chi connectivity index (χ3n) is 4.52. The van der Waals surface area contributed by atoms with E-state index in [2.05, 4.69) is 4.98 Å². The summed E-state index contributed by atoms with van der Waals surface area (Å²) in [5.41, 5.74) is 2.49. The second kappa shape index (κ2) is 7.89. The van der Waals surface area contributed by atoms with Gasteiger partial charge in [0.05, 0.1) is 41.1 Å². The Labute approximate surface area is 171 Å². The van der Waals surface area contributed by atoms with Crippen molar-refractivity contribution >= 4 is 28.6 Å². The number of benzene rings is 1. The molecule has 3 aromatic heterocycles. The molecular formula is C22H18N2O4S. The van der Waals surface area contributed by atoms with Gasteiger partial charge in [0.2, 0.25) is 5.78 Å². The number of carbonyl (C=O) groups excluding carboxylic acids is 2. The molecule has 4 aromatic rings. The number of ether oxygens (including phenoxy) is 2. The van der Waals surface area contributed by atoms with Crippen LogP contribution in [0.3, 0.4) is 0 Å². The number of ketones is 1. The molecule has 4 rings (SSSR count). The van der Waals surface area contributed by atoms with Gasteiger partial charge in [-0.15, -0.1) is 11.3 Å². The molecule has 0 fully saturated rings. The van der Waals surface area contributed by atoms with Gasteiger partial charge in [-0.1, -0.05) is 6.07 Å². The third-order valence-corrected chi connectivity index (χ3v) is 5.41. The van der Waals surface area contributed by atoms with Crippen molar-refractivity contribution in [1.82, 2.24) is 9.38 Å². The number of methoxy groups -OCH3 is 1. The van der Waals surface area contributed by atoms with E-state index in [-0.39, 0.29) is 12.4 Å². The average molecular weight is 406 g/mol. The van der Waals surface area contributed by atoms with E-state index < -0.39 is 5.97 Å². The number of thiophene rings is 1. The van der Waals surface area contributed by atoms with E-state index >= 15 is 0 Å². The Morgan fingerprint density at radius 3 is 2.59 bits per heavy atom. The van der Waals surface area contributed by atoms with Crippen LogP contribution in [0.25, 0.3) is 16.1 Å². The number of nitrogens with zero attached hydrogens (tertiary/aromatic N) is 2. The van der Waals surface area contributed by atoms with Gasteiger partial charge in [0.1, 0.15) is 12.1 Å². The molecule has 7 heteroatoms. The maximum Gasteiger partial charge on any atom is 0.340 e. The topological polar surface area (TPSA) is 69.9 Å². The number of fused-ring (bicyclic) bond motifs is 1. The Bertz CT molecular complexity index is 1180. The summed E-state index contributed by atoms with van der Waals surface area (Å²) in [6, 6.07) is 14.1. The van der Waals surface area contributed by atoms with E-state index in [1.165, 1.54) is 0 Å². The molecule has 0 spiro atoms. The zero-order chi connectivity index (χ0) is 20.4. The lowest BCUT2D eigenvalue weighted by Gasteiger charge is -2.05. The van der Waals surface area contributed by atoms with Gasteiger partial charge in [0, 0.05) is 5.56 Å². The van der Waals surface area contributed by atoms with Gasteiger partial charge >= 0.3 is 5.97 Å². The molecule has 29 heavy (non-hydrogen) atoms. The third kappa shape index (κ3) is 3.52. The van der Waals surface area contributed by atoms with Gasteiger partial charge in [0.25, 0.3) is 0 Å². The van der Waals surface area contributed by atoms with Crippen LogP contribution in [0.5, 0.6) is 5.75 Å². The fourth-order valence-corrected chi connectivity index (χ4v) is 3.79. The molecule has 0 aliphatic carbocycles. The summed E-state index contributed by atoms with van der Waals surface area (Å²) in [5.74, 6) is -0.0259. The fourth-order valence-electron chi connectivity index (χ4n) is 3.09. The van der Waals surface area contributed by atoms with Gasteiger partial charge in [-0.2, -0.15) is 0 Å². The summed E-state index contributed by atoms with van der Waals surface area (Å²) in [7, 11) is 1.57. The first-order valence-electron chi connectivity index (χ1n) is 9.03. The summed E-state index contributed by atoms with van der Waals surface area (Å²) in [4.78, 5) is 31.1.